The summed E-state index contributed by atoms with van der Waals surface area (Å²) in [5, 5.41) is 1.58. The van der Waals surface area contributed by atoms with Gasteiger partial charge >= 0.3 is 0 Å². The fourth-order valence-corrected chi connectivity index (χ4v) is 2.58. The summed E-state index contributed by atoms with van der Waals surface area (Å²) in [4.78, 5) is 5.71. The van der Waals surface area contributed by atoms with Crippen molar-refractivity contribution in [1.82, 2.24) is 0 Å². The van der Waals surface area contributed by atoms with Crippen molar-refractivity contribution >= 4 is 23.4 Å². The quantitative estimate of drug-likeness (QED) is 0.807. The van der Waals surface area contributed by atoms with E-state index in [0.717, 1.165) is 20.7 Å². The lowest BCUT2D eigenvalue weighted by Crippen LogP contribution is -1.98. The van der Waals surface area contributed by atoms with Gasteiger partial charge in [0.25, 0.3) is 0 Å². The Morgan fingerprint density at radius 2 is 2.29 bits per heavy atom. The summed E-state index contributed by atoms with van der Waals surface area (Å²) < 4.78 is 0. The molecule has 1 aromatic carbocycles. The standard InChI is InChI=1S/C10H12ClNOS/c11-9-5-7(6-13-12)1-4-10(9)14-8-2-3-8/h1,4-5,8H,2-3,6,12H2. The Morgan fingerprint density at radius 1 is 1.50 bits per heavy atom. The molecule has 0 amide bonds. The average molecular weight is 230 g/mol. The van der Waals surface area contributed by atoms with Gasteiger partial charge in [0, 0.05) is 10.1 Å². The minimum atomic E-state index is 0.411. The second-order valence-electron chi connectivity index (χ2n) is 3.39. The first-order valence-electron chi connectivity index (χ1n) is 4.56. The van der Waals surface area contributed by atoms with Gasteiger partial charge in [-0.1, -0.05) is 17.7 Å². The van der Waals surface area contributed by atoms with E-state index < -0.39 is 0 Å². The van der Waals surface area contributed by atoms with E-state index in [9.17, 15) is 0 Å². The van der Waals surface area contributed by atoms with Crippen molar-refractivity contribution in [3.05, 3.63) is 28.8 Å². The second-order valence-corrected chi connectivity index (χ2v) is 5.14. The molecule has 0 heterocycles. The molecule has 0 saturated heterocycles. The predicted molar refractivity (Wildman–Crippen MR) is 59.3 cm³/mol. The zero-order valence-electron chi connectivity index (χ0n) is 7.70. The molecule has 1 aliphatic carbocycles. The van der Waals surface area contributed by atoms with Crippen LogP contribution in [0.4, 0.5) is 0 Å². The molecule has 0 radical (unpaired) electrons. The molecular formula is C10H12ClNOS. The smallest absolute Gasteiger partial charge is 0.0930 e. The number of thioether (sulfide) groups is 1. The molecular weight excluding hydrogens is 218 g/mol. The lowest BCUT2D eigenvalue weighted by molar-refractivity contribution is 0.124. The van der Waals surface area contributed by atoms with E-state index in [1.807, 2.05) is 30.0 Å². The number of halogens is 1. The van der Waals surface area contributed by atoms with Gasteiger partial charge in [-0.2, -0.15) is 0 Å². The normalized spacial score (nSPS) is 15.9. The Hall–Kier alpha value is -0.220. The minimum absolute atomic E-state index is 0.411. The molecule has 76 valence electrons. The summed E-state index contributed by atoms with van der Waals surface area (Å²) in [6.07, 6.45) is 2.63. The van der Waals surface area contributed by atoms with E-state index in [4.69, 9.17) is 17.5 Å². The summed E-state index contributed by atoms with van der Waals surface area (Å²) in [5.41, 5.74) is 1.01. The van der Waals surface area contributed by atoms with Crippen LogP contribution in [0.25, 0.3) is 0 Å². The highest BCUT2D eigenvalue weighted by Gasteiger charge is 2.23. The van der Waals surface area contributed by atoms with Crippen LogP contribution in [0.3, 0.4) is 0 Å². The third kappa shape index (κ3) is 2.64. The zero-order valence-corrected chi connectivity index (χ0v) is 9.27. The summed E-state index contributed by atoms with van der Waals surface area (Å²) >= 11 is 7.98. The third-order valence-electron chi connectivity index (χ3n) is 2.06. The van der Waals surface area contributed by atoms with E-state index in [2.05, 4.69) is 4.84 Å². The summed E-state index contributed by atoms with van der Waals surface area (Å²) in [7, 11) is 0. The highest BCUT2D eigenvalue weighted by molar-refractivity contribution is 8.00. The first-order valence-corrected chi connectivity index (χ1v) is 5.82. The van der Waals surface area contributed by atoms with Gasteiger partial charge in [-0.25, -0.2) is 5.90 Å². The maximum atomic E-state index is 6.12. The van der Waals surface area contributed by atoms with E-state index in [1.54, 1.807) is 0 Å². The fraction of sp³-hybridized carbons (Fsp3) is 0.400. The van der Waals surface area contributed by atoms with Crippen molar-refractivity contribution in [1.29, 1.82) is 0 Å². The van der Waals surface area contributed by atoms with Crippen molar-refractivity contribution in [3.8, 4) is 0 Å². The van der Waals surface area contributed by atoms with Gasteiger partial charge in [0.15, 0.2) is 0 Å². The Bertz CT molecular complexity index is 328. The third-order valence-corrected chi connectivity index (χ3v) is 3.90. The van der Waals surface area contributed by atoms with Gasteiger partial charge in [0.05, 0.1) is 11.6 Å². The van der Waals surface area contributed by atoms with Crippen molar-refractivity contribution < 1.29 is 4.84 Å². The monoisotopic (exact) mass is 229 g/mol. The van der Waals surface area contributed by atoms with E-state index >= 15 is 0 Å². The molecule has 0 spiro atoms. The van der Waals surface area contributed by atoms with Crippen LogP contribution >= 0.6 is 23.4 Å². The number of nitrogens with two attached hydrogens (primary N) is 1. The number of hydrogen-bond donors (Lipinski definition) is 1. The molecule has 0 atom stereocenters. The lowest BCUT2D eigenvalue weighted by atomic mass is 10.2. The summed E-state index contributed by atoms with van der Waals surface area (Å²) in [6, 6.07) is 5.96. The number of benzene rings is 1. The van der Waals surface area contributed by atoms with Crippen molar-refractivity contribution in [2.75, 3.05) is 0 Å². The molecule has 2 nitrogen and oxygen atoms in total. The zero-order chi connectivity index (χ0) is 9.97. The molecule has 1 aliphatic rings. The largest absolute Gasteiger partial charge is 0.300 e. The van der Waals surface area contributed by atoms with Crippen molar-refractivity contribution in [2.45, 2.75) is 29.6 Å². The van der Waals surface area contributed by atoms with Gasteiger partial charge in [-0.05, 0) is 30.5 Å². The van der Waals surface area contributed by atoms with Crippen molar-refractivity contribution in [2.24, 2.45) is 5.90 Å². The Kier molecular flexibility index (Phi) is 3.34. The lowest BCUT2D eigenvalue weighted by Gasteiger charge is -2.05. The van der Waals surface area contributed by atoms with E-state index in [-0.39, 0.29) is 0 Å². The van der Waals surface area contributed by atoms with Gasteiger partial charge in [0.2, 0.25) is 0 Å². The molecule has 1 aromatic rings. The maximum Gasteiger partial charge on any atom is 0.0930 e. The van der Waals surface area contributed by atoms with Crippen LogP contribution < -0.4 is 5.90 Å². The Labute approximate surface area is 92.7 Å². The highest BCUT2D eigenvalue weighted by atomic mass is 35.5. The van der Waals surface area contributed by atoms with Crippen LogP contribution in [0.1, 0.15) is 18.4 Å². The highest BCUT2D eigenvalue weighted by Crippen LogP contribution is 2.41. The first-order chi connectivity index (χ1) is 6.79. The molecule has 0 unspecified atom stereocenters. The Balaban J connectivity index is 2.09. The molecule has 4 heteroatoms. The molecule has 0 aliphatic heterocycles. The molecule has 0 aromatic heterocycles. The molecule has 14 heavy (non-hydrogen) atoms. The van der Waals surface area contributed by atoms with Gasteiger partial charge in [0.1, 0.15) is 0 Å². The van der Waals surface area contributed by atoms with Gasteiger partial charge in [-0.15, -0.1) is 11.8 Å². The molecule has 2 N–H and O–H groups in total. The molecule has 1 fully saturated rings. The van der Waals surface area contributed by atoms with E-state index in [0.29, 0.717) is 6.61 Å². The Morgan fingerprint density at radius 3 is 2.86 bits per heavy atom. The SMILES string of the molecule is NOCc1ccc(SC2CC2)c(Cl)c1. The summed E-state index contributed by atoms with van der Waals surface area (Å²) in [6.45, 7) is 0.411. The maximum absolute atomic E-state index is 6.12. The molecule has 2 rings (SSSR count). The van der Waals surface area contributed by atoms with Crippen molar-refractivity contribution in [3.63, 3.8) is 0 Å². The minimum Gasteiger partial charge on any atom is -0.300 e. The van der Waals surface area contributed by atoms with Crippen LogP contribution in [0.15, 0.2) is 23.1 Å². The van der Waals surface area contributed by atoms with E-state index in [1.165, 1.54) is 12.8 Å². The predicted octanol–water partition coefficient (Wildman–Crippen LogP) is 2.98. The van der Waals surface area contributed by atoms with Crippen LogP contribution in [0.2, 0.25) is 5.02 Å². The topological polar surface area (TPSA) is 35.2 Å². The fourth-order valence-electron chi connectivity index (χ4n) is 1.19. The van der Waals surface area contributed by atoms with Gasteiger partial charge < -0.3 is 0 Å². The summed E-state index contributed by atoms with van der Waals surface area (Å²) in [5.74, 6) is 4.99. The second kappa shape index (κ2) is 4.53. The van der Waals surface area contributed by atoms with Crippen LogP contribution in [-0.4, -0.2) is 5.25 Å². The van der Waals surface area contributed by atoms with Crippen LogP contribution in [0.5, 0.6) is 0 Å². The number of hydrogen-bond acceptors (Lipinski definition) is 3. The van der Waals surface area contributed by atoms with Crippen LogP contribution in [0, 0.1) is 0 Å². The molecule has 0 bridgehead atoms. The molecule has 1 saturated carbocycles. The average Bonchev–Trinajstić information content (AvgIpc) is 2.94. The first kappa shape index (κ1) is 10.3. The number of rotatable bonds is 4. The van der Waals surface area contributed by atoms with Crippen LogP contribution in [-0.2, 0) is 11.4 Å². The van der Waals surface area contributed by atoms with Gasteiger partial charge in [-0.3, -0.25) is 4.84 Å².